The lowest BCUT2D eigenvalue weighted by Crippen LogP contribution is -2.51. The Labute approximate surface area is 153 Å². The standard InChI is InChI=1S/C15H16Cl2N2O4S/c1-23-15(22)11-7-24-12(14(21)19-11)2-3-13(20)18-10-5-8(16)4-9(17)6-10/h4-6,11-12H,2-3,7H2,1H3,(H,18,20)(H,19,21). The number of halogens is 2. The van der Waals surface area contributed by atoms with Gasteiger partial charge in [-0.1, -0.05) is 23.2 Å². The van der Waals surface area contributed by atoms with Crippen molar-refractivity contribution in [3.63, 3.8) is 0 Å². The third kappa shape index (κ3) is 5.29. The van der Waals surface area contributed by atoms with Crippen molar-refractivity contribution in [2.45, 2.75) is 24.1 Å². The Hall–Kier alpha value is -1.44. The summed E-state index contributed by atoms with van der Waals surface area (Å²) in [5.74, 6) is -0.545. The van der Waals surface area contributed by atoms with Gasteiger partial charge in [0, 0.05) is 27.9 Å². The van der Waals surface area contributed by atoms with Crippen molar-refractivity contribution >= 4 is 58.4 Å². The fraction of sp³-hybridized carbons (Fsp3) is 0.400. The van der Waals surface area contributed by atoms with E-state index in [1.54, 1.807) is 18.2 Å². The van der Waals surface area contributed by atoms with Crippen molar-refractivity contribution in [3.8, 4) is 0 Å². The molecule has 6 nitrogen and oxygen atoms in total. The van der Waals surface area contributed by atoms with Crippen LogP contribution in [0.3, 0.4) is 0 Å². The third-order valence-electron chi connectivity index (χ3n) is 3.34. The van der Waals surface area contributed by atoms with Crippen LogP contribution in [-0.4, -0.2) is 41.9 Å². The lowest BCUT2D eigenvalue weighted by atomic mass is 10.2. The average molecular weight is 391 g/mol. The molecule has 0 aliphatic carbocycles. The predicted octanol–water partition coefficient (Wildman–Crippen LogP) is 2.49. The van der Waals surface area contributed by atoms with Crippen molar-refractivity contribution in [2.75, 3.05) is 18.2 Å². The molecule has 1 saturated heterocycles. The molecule has 0 radical (unpaired) electrons. The summed E-state index contributed by atoms with van der Waals surface area (Å²) in [6.07, 6.45) is 0.530. The van der Waals surface area contributed by atoms with Gasteiger partial charge in [0.25, 0.3) is 0 Å². The molecule has 1 aliphatic rings. The van der Waals surface area contributed by atoms with Crippen LogP contribution in [0.25, 0.3) is 0 Å². The molecule has 1 heterocycles. The number of methoxy groups -OCH3 is 1. The number of benzene rings is 1. The Bertz CT molecular complexity index is 636. The van der Waals surface area contributed by atoms with Crippen LogP contribution in [0.15, 0.2) is 18.2 Å². The molecule has 1 aromatic carbocycles. The van der Waals surface area contributed by atoms with E-state index in [9.17, 15) is 14.4 Å². The molecule has 2 N–H and O–H groups in total. The number of rotatable bonds is 5. The van der Waals surface area contributed by atoms with Crippen LogP contribution in [0.2, 0.25) is 10.0 Å². The summed E-state index contributed by atoms with van der Waals surface area (Å²) in [7, 11) is 1.28. The molecular weight excluding hydrogens is 375 g/mol. The smallest absolute Gasteiger partial charge is 0.329 e. The SMILES string of the molecule is COC(=O)C1CSC(CCC(=O)Nc2cc(Cl)cc(Cl)c2)C(=O)N1. The highest BCUT2D eigenvalue weighted by Gasteiger charge is 2.32. The molecule has 2 atom stereocenters. The van der Waals surface area contributed by atoms with Crippen LogP contribution in [0, 0.1) is 0 Å². The maximum Gasteiger partial charge on any atom is 0.329 e. The van der Waals surface area contributed by atoms with E-state index in [4.69, 9.17) is 23.2 Å². The van der Waals surface area contributed by atoms with Gasteiger partial charge in [-0.2, -0.15) is 0 Å². The molecule has 9 heteroatoms. The molecule has 1 aromatic rings. The van der Waals surface area contributed by atoms with Gasteiger partial charge in [0.2, 0.25) is 11.8 Å². The number of esters is 1. The van der Waals surface area contributed by atoms with Crippen molar-refractivity contribution in [1.82, 2.24) is 5.32 Å². The van der Waals surface area contributed by atoms with E-state index in [1.807, 2.05) is 0 Å². The molecular formula is C15H16Cl2N2O4S. The van der Waals surface area contributed by atoms with Gasteiger partial charge in [0.15, 0.2) is 0 Å². The monoisotopic (exact) mass is 390 g/mol. The second-order valence-corrected chi connectivity index (χ2v) is 7.26. The number of carbonyl (C=O) groups is 3. The highest BCUT2D eigenvalue weighted by Crippen LogP contribution is 2.24. The van der Waals surface area contributed by atoms with Gasteiger partial charge in [-0.25, -0.2) is 4.79 Å². The molecule has 2 unspecified atom stereocenters. The summed E-state index contributed by atoms with van der Waals surface area (Å²) in [6.45, 7) is 0. The van der Waals surface area contributed by atoms with Gasteiger partial charge >= 0.3 is 5.97 Å². The van der Waals surface area contributed by atoms with Crippen LogP contribution in [-0.2, 0) is 19.1 Å². The van der Waals surface area contributed by atoms with Crippen LogP contribution in [0.4, 0.5) is 5.69 Å². The van der Waals surface area contributed by atoms with Gasteiger partial charge in [0.1, 0.15) is 6.04 Å². The highest BCUT2D eigenvalue weighted by molar-refractivity contribution is 8.00. The number of nitrogens with one attached hydrogen (secondary N) is 2. The van der Waals surface area contributed by atoms with Gasteiger partial charge in [-0.05, 0) is 24.6 Å². The topological polar surface area (TPSA) is 84.5 Å². The first-order valence-electron chi connectivity index (χ1n) is 7.15. The van der Waals surface area contributed by atoms with E-state index in [1.165, 1.54) is 18.9 Å². The number of hydrogen-bond acceptors (Lipinski definition) is 5. The van der Waals surface area contributed by atoms with Crippen LogP contribution < -0.4 is 10.6 Å². The highest BCUT2D eigenvalue weighted by atomic mass is 35.5. The molecule has 24 heavy (non-hydrogen) atoms. The first-order chi connectivity index (χ1) is 11.4. The number of ether oxygens (including phenoxy) is 1. The quantitative estimate of drug-likeness (QED) is 0.754. The lowest BCUT2D eigenvalue weighted by molar-refractivity contribution is -0.144. The second kappa shape index (κ2) is 8.60. The van der Waals surface area contributed by atoms with Gasteiger partial charge in [-0.3, -0.25) is 9.59 Å². The summed E-state index contributed by atoms with van der Waals surface area (Å²) < 4.78 is 4.60. The number of thioether (sulfide) groups is 1. The largest absolute Gasteiger partial charge is 0.467 e. The van der Waals surface area contributed by atoms with E-state index in [2.05, 4.69) is 15.4 Å². The molecule has 0 aromatic heterocycles. The fourth-order valence-corrected chi connectivity index (χ4v) is 3.86. The number of hydrogen-bond donors (Lipinski definition) is 2. The molecule has 0 spiro atoms. The zero-order valence-electron chi connectivity index (χ0n) is 12.8. The van der Waals surface area contributed by atoms with Crippen LogP contribution >= 0.6 is 35.0 Å². The maximum atomic E-state index is 12.0. The van der Waals surface area contributed by atoms with Crippen molar-refractivity contribution in [2.24, 2.45) is 0 Å². The van der Waals surface area contributed by atoms with Crippen molar-refractivity contribution < 1.29 is 19.1 Å². The number of amides is 2. The average Bonchev–Trinajstić information content (AvgIpc) is 2.51. The molecule has 130 valence electrons. The molecule has 0 saturated carbocycles. The minimum atomic E-state index is -0.633. The number of carbonyl (C=O) groups excluding carboxylic acids is 3. The van der Waals surface area contributed by atoms with Crippen LogP contribution in [0.1, 0.15) is 12.8 Å². The van der Waals surface area contributed by atoms with Crippen LogP contribution in [0.5, 0.6) is 0 Å². The van der Waals surface area contributed by atoms with E-state index in [0.717, 1.165) is 0 Å². The number of anilines is 1. The van der Waals surface area contributed by atoms with Gasteiger partial charge in [-0.15, -0.1) is 11.8 Å². The molecule has 2 rings (SSSR count). The predicted molar refractivity (Wildman–Crippen MR) is 94.5 cm³/mol. The Kier molecular flexibility index (Phi) is 6.77. The summed E-state index contributed by atoms with van der Waals surface area (Å²) in [5, 5.41) is 5.77. The van der Waals surface area contributed by atoms with Gasteiger partial charge in [0.05, 0.1) is 12.4 Å². The molecule has 0 bridgehead atoms. The second-order valence-electron chi connectivity index (χ2n) is 5.15. The zero-order chi connectivity index (χ0) is 17.7. The van der Waals surface area contributed by atoms with Crippen molar-refractivity contribution in [3.05, 3.63) is 28.2 Å². The lowest BCUT2D eigenvalue weighted by Gasteiger charge is -2.26. The molecule has 1 aliphatic heterocycles. The Morgan fingerprint density at radius 1 is 1.33 bits per heavy atom. The molecule has 1 fully saturated rings. The third-order valence-corrected chi connectivity index (χ3v) is 5.15. The first-order valence-corrected chi connectivity index (χ1v) is 8.95. The summed E-state index contributed by atoms with van der Waals surface area (Å²) in [6, 6.07) is 4.12. The Morgan fingerprint density at radius 2 is 2.00 bits per heavy atom. The Morgan fingerprint density at radius 3 is 2.58 bits per heavy atom. The Balaban J connectivity index is 1.82. The first kappa shape index (κ1) is 18.9. The summed E-state index contributed by atoms with van der Waals surface area (Å²) in [4.78, 5) is 35.4. The molecule has 2 amide bonds. The van der Waals surface area contributed by atoms with E-state index in [-0.39, 0.29) is 23.5 Å². The maximum absolute atomic E-state index is 12.0. The van der Waals surface area contributed by atoms with E-state index in [0.29, 0.717) is 27.9 Å². The minimum Gasteiger partial charge on any atom is -0.467 e. The zero-order valence-corrected chi connectivity index (χ0v) is 15.1. The minimum absolute atomic E-state index is 0.165. The fourth-order valence-electron chi connectivity index (χ4n) is 2.19. The van der Waals surface area contributed by atoms with E-state index >= 15 is 0 Å². The summed E-state index contributed by atoms with van der Waals surface area (Å²) >= 11 is 13.1. The van der Waals surface area contributed by atoms with E-state index < -0.39 is 12.0 Å². The summed E-state index contributed by atoms with van der Waals surface area (Å²) in [5.41, 5.74) is 0.504. The normalized spacial score (nSPS) is 20.2. The van der Waals surface area contributed by atoms with Crippen molar-refractivity contribution in [1.29, 1.82) is 0 Å². The van der Waals surface area contributed by atoms with Gasteiger partial charge < -0.3 is 15.4 Å².